The van der Waals surface area contributed by atoms with Gasteiger partial charge in [-0.3, -0.25) is 9.69 Å². The number of rotatable bonds is 4. The lowest BCUT2D eigenvalue weighted by Crippen LogP contribution is -2.63. The number of hydrogen-bond acceptors (Lipinski definition) is 4. The van der Waals surface area contributed by atoms with Crippen molar-refractivity contribution >= 4 is 5.91 Å². The molecule has 0 radical (unpaired) electrons. The second-order valence-corrected chi connectivity index (χ2v) is 6.66. The molecule has 23 heavy (non-hydrogen) atoms. The number of benzene rings is 1. The SMILES string of the molecule is Cc1ccccc1CN(C)C(=O)C1(N2CCNCC2)CCOC1. The monoisotopic (exact) mass is 317 g/mol. The van der Waals surface area contributed by atoms with Gasteiger partial charge in [-0.15, -0.1) is 0 Å². The molecule has 0 aromatic heterocycles. The van der Waals surface area contributed by atoms with E-state index in [-0.39, 0.29) is 5.91 Å². The van der Waals surface area contributed by atoms with Crippen molar-refractivity contribution in [1.82, 2.24) is 15.1 Å². The minimum Gasteiger partial charge on any atom is -0.379 e. The second-order valence-electron chi connectivity index (χ2n) is 6.66. The fourth-order valence-corrected chi connectivity index (χ4v) is 3.67. The average molecular weight is 317 g/mol. The van der Waals surface area contributed by atoms with Crippen LogP contribution in [0, 0.1) is 6.92 Å². The minimum absolute atomic E-state index is 0.195. The van der Waals surface area contributed by atoms with Gasteiger partial charge in [-0.25, -0.2) is 0 Å². The van der Waals surface area contributed by atoms with Crippen molar-refractivity contribution in [3.8, 4) is 0 Å². The molecule has 0 spiro atoms. The Balaban J connectivity index is 1.76. The van der Waals surface area contributed by atoms with Gasteiger partial charge in [0.1, 0.15) is 5.54 Å². The molecule has 5 nitrogen and oxygen atoms in total. The van der Waals surface area contributed by atoms with Gasteiger partial charge in [0.25, 0.3) is 0 Å². The van der Waals surface area contributed by atoms with Gasteiger partial charge in [0.15, 0.2) is 0 Å². The number of ether oxygens (including phenoxy) is 1. The molecule has 2 heterocycles. The molecule has 1 atom stereocenters. The Hall–Kier alpha value is -1.43. The highest BCUT2D eigenvalue weighted by Gasteiger charge is 2.48. The van der Waals surface area contributed by atoms with Crippen LogP contribution in [0.4, 0.5) is 0 Å². The van der Waals surface area contributed by atoms with E-state index in [9.17, 15) is 4.79 Å². The molecule has 1 amide bonds. The number of nitrogens with zero attached hydrogens (tertiary/aromatic N) is 2. The normalized spacial score (nSPS) is 25.5. The fourth-order valence-electron chi connectivity index (χ4n) is 3.67. The van der Waals surface area contributed by atoms with E-state index in [1.54, 1.807) is 0 Å². The van der Waals surface area contributed by atoms with Crippen molar-refractivity contribution in [1.29, 1.82) is 0 Å². The highest BCUT2D eigenvalue weighted by atomic mass is 16.5. The van der Waals surface area contributed by atoms with Gasteiger partial charge in [-0.2, -0.15) is 0 Å². The fraction of sp³-hybridized carbons (Fsp3) is 0.611. The van der Waals surface area contributed by atoms with Crippen molar-refractivity contribution in [3.05, 3.63) is 35.4 Å². The first-order chi connectivity index (χ1) is 11.1. The van der Waals surface area contributed by atoms with Gasteiger partial charge < -0.3 is 15.0 Å². The summed E-state index contributed by atoms with van der Waals surface area (Å²) in [6.07, 6.45) is 0.796. The van der Waals surface area contributed by atoms with Crippen LogP contribution in [0.15, 0.2) is 24.3 Å². The van der Waals surface area contributed by atoms with Gasteiger partial charge in [-0.1, -0.05) is 24.3 Å². The molecule has 2 aliphatic heterocycles. The molecular weight excluding hydrogens is 290 g/mol. The summed E-state index contributed by atoms with van der Waals surface area (Å²) in [7, 11) is 1.91. The molecule has 1 aromatic rings. The van der Waals surface area contributed by atoms with Crippen molar-refractivity contribution in [3.63, 3.8) is 0 Å². The number of nitrogens with one attached hydrogen (secondary N) is 1. The molecule has 0 saturated carbocycles. The van der Waals surface area contributed by atoms with Crippen LogP contribution in [0.5, 0.6) is 0 Å². The lowest BCUT2D eigenvalue weighted by atomic mass is 9.93. The van der Waals surface area contributed by atoms with Crippen molar-refractivity contribution in [2.24, 2.45) is 0 Å². The molecule has 1 N–H and O–H groups in total. The highest BCUT2D eigenvalue weighted by Crippen LogP contribution is 2.29. The predicted molar refractivity (Wildman–Crippen MR) is 90.3 cm³/mol. The van der Waals surface area contributed by atoms with E-state index in [2.05, 4.69) is 29.3 Å². The standard InChI is InChI=1S/C18H27N3O2/c1-15-5-3-4-6-16(15)13-20(2)17(22)18(7-12-23-14-18)21-10-8-19-9-11-21/h3-6,19H,7-14H2,1-2H3. The molecule has 2 aliphatic rings. The minimum atomic E-state index is -0.473. The third-order valence-corrected chi connectivity index (χ3v) is 5.14. The van der Waals surface area contributed by atoms with Crippen LogP contribution in [0.25, 0.3) is 0 Å². The van der Waals surface area contributed by atoms with Gasteiger partial charge in [0, 0.05) is 52.8 Å². The van der Waals surface area contributed by atoms with E-state index < -0.39 is 5.54 Å². The van der Waals surface area contributed by atoms with E-state index in [0.717, 1.165) is 32.6 Å². The Morgan fingerprint density at radius 1 is 1.35 bits per heavy atom. The molecule has 126 valence electrons. The zero-order valence-electron chi connectivity index (χ0n) is 14.2. The molecule has 2 fully saturated rings. The Morgan fingerprint density at radius 3 is 2.74 bits per heavy atom. The number of aryl methyl sites for hydroxylation is 1. The summed E-state index contributed by atoms with van der Waals surface area (Å²) >= 11 is 0. The summed E-state index contributed by atoms with van der Waals surface area (Å²) in [5, 5.41) is 3.36. The molecular formula is C18H27N3O2. The number of piperazine rings is 1. The summed E-state index contributed by atoms with van der Waals surface area (Å²) in [6.45, 7) is 7.64. The van der Waals surface area contributed by atoms with Gasteiger partial charge >= 0.3 is 0 Å². The van der Waals surface area contributed by atoms with Crippen LogP contribution in [0.2, 0.25) is 0 Å². The van der Waals surface area contributed by atoms with Crippen LogP contribution in [-0.4, -0.2) is 67.7 Å². The van der Waals surface area contributed by atoms with E-state index in [1.807, 2.05) is 24.1 Å². The van der Waals surface area contributed by atoms with Crippen LogP contribution in [0.1, 0.15) is 17.5 Å². The highest BCUT2D eigenvalue weighted by molar-refractivity contribution is 5.86. The van der Waals surface area contributed by atoms with Crippen LogP contribution >= 0.6 is 0 Å². The summed E-state index contributed by atoms with van der Waals surface area (Å²) < 4.78 is 5.65. The van der Waals surface area contributed by atoms with Gasteiger partial charge in [-0.05, 0) is 18.1 Å². The van der Waals surface area contributed by atoms with Crippen LogP contribution in [0.3, 0.4) is 0 Å². The summed E-state index contributed by atoms with van der Waals surface area (Å²) in [5.74, 6) is 0.195. The van der Waals surface area contributed by atoms with E-state index in [1.165, 1.54) is 11.1 Å². The first-order valence-corrected chi connectivity index (χ1v) is 8.47. The van der Waals surface area contributed by atoms with Crippen molar-refractivity contribution < 1.29 is 9.53 Å². The van der Waals surface area contributed by atoms with Crippen molar-refractivity contribution in [2.45, 2.75) is 25.4 Å². The smallest absolute Gasteiger partial charge is 0.245 e. The molecule has 3 rings (SSSR count). The molecule has 1 aromatic carbocycles. The largest absolute Gasteiger partial charge is 0.379 e. The van der Waals surface area contributed by atoms with E-state index in [0.29, 0.717) is 19.8 Å². The summed E-state index contributed by atoms with van der Waals surface area (Å²) in [6, 6.07) is 8.26. The average Bonchev–Trinajstić information content (AvgIpc) is 3.08. The second kappa shape index (κ2) is 6.99. The summed E-state index contributed by atoms with van der Waals surface area (Å²) in [5.41, 5.74) is 1.96. The predicted octanol–water partition coefficient (Wildman–Crippen LogP) is 1.02. The van der Waals surface area contributed by atoms with Crippen LogP contribution < -0.4 is 5.32 Å². The Labute approximate surface area is 138 Å². The Kier molecular flexibility index (Phi) is 4.99. The number of amides is 1. The maximum absolute atomic E-state index is 13.3. The Morgan fingerprint density at radius 2 is 2.09 bits per heavy atom. The molecule has 1 unspecified atom stereocenters. The number of carbonyl (C=O) groups is 1. The van der Waals surface area contributed by atoms with Crippen LogP contribution in [-0.2, 0) is 16.1 Å². The van der Waals surface area contributed by atoms with Gasteiger partial charge in [0.2, 0.25) is 5.91 Å². The van der Waals surface area contributed by atoms with Crippen molar-refractivity contribution in [2.75, 3.05) is 46.4 Å². The zero-order valence-corrected chi connectivity index (χ0v) is 14.2. The maximum Gasteiger partial charge on any atom is 0.245 e. The summed E-state index contributed by atoms with van der Waals surface area (Å²) in [4.78, 5) is 17.5. The number of carbonyl (C=O) groups excluding carboxylic acids is 1. The van der Waals surface area contributed by atoms with E-state index >= 15 is 0 Å². The lowest BCUT2D eigenvalue weighted by Gasteiger charge is -2.43. The molecule has 0 aliphatic carbocycles. The third kappa shape index (κ3) is 3.27. The molecule has 2 saturated heterocycles. The number of likely N-dealkylation sites (N-methyl/N-ethyl adjacent to an activating group) is 1. The first kappa shape index (κ1) is 16.4. The molecule has 5 heteroatoms. The zero-order chi connectivity index (χ0) is 16.3. The first-order valence-electron chi connectivity index (χ1n) is 8.47. The molecule has 0 bridgehead atoms. The van der Waals surface area contributed by atoms with E-state index in [4.69, 9.17) is 4.74 Å². The third-order valence-electron chi connectivity index (χ3n) is 5.14. The lowest BCUT2D eigenvalue weighted by molar-refractivity contribution is -0.144. The quantitative estimate of drug-likeness (QED) is 0.900. The number of hydrogen-bond donors (Lipinski definition) is 1. The topological polar surface area (TPSA) is 44.8 Å². The maximum atomic E-state index is 13.3. The Bertz CT molecular complexity index is 549. The van der Waals surface area contributed by atoms with Gasteiger partial charge in [0.05, 0.1) is 6.61 Å².